The Hall–Kier alpha value is -0.670. The molecule has 72 valence electrons. The van der Waals surface area contributed by atoms with Crippen LogP contribution in [-0.4, -0.2) is 11.5 Å². The van der Waals surface area contributed by atoms with Gasteiger partial charge >= 0.3 is 0 Å². The summed E-state index contributed by atoms with van der Waals surface area (Å²) in [5, 5.41) is 0.476. The third-order valence-corrected chi connectivity index (χ3v) is 1.99. The van der Waals surface area contributed by atoms with Crippen molar-refractivity contribution in [3.05, 3.63) is 28.8 Å². The van der Waals surface area contributed by atoms with E-state index in [0.29, 0.717) is 23.6 Å². The summed E-state index contributed by atoms with van der Waals surface area (Å²) in [5.41, 5.74) is 5.90. The molecule has 0 aliphatic carbocycles. The van der Waals surface area contributed by atoms with Gasteiger partial charge in [0, 0.05) is 11.8 Å². The van der Waals surface area contributed by atoms with Gasteiger partial charge in [-0.2, -0.15) is 4.39 Å². The van der Waals surface area contributed by atoms with Crippen LogP contribution in [0, 0.1) is 5.95 Å². The molecule has 0 amide bonds. The Morgan fingerprint density at radius 1 is 1.46 bits per heavy atom. The van der Waals surface area contributed by atoms with Gasteiger partial charge in [0.25, 0.3) is 0 Å². The molecule has 0 aliphatic rings. The Labute approximate surface area is 81.9 Å². The highest BCUT2D eigenvalue weighted by atomic mass is 35.5. The van der Waals surface area contributed by atoms with Crippen molar-refractivity contribution in [1.29, 1.82) is 0 Å². The van der Waals surface area contributed by atoms with Crippen LogP contribution in [0.1, 0.15) is 18.4 Å². The molecule has 13 heavy (non-hydrogen) atoms. The van der Waals surface area contributed by atoms with Gasteiger partial charge in [0.15, 0.2) is 0 Å². The van der Waals surface area contributed by atoms with Crippen molar-refractivity contribution in [1.82, 2.24) is 4.98 Å². The SMILES string of the molecule is NCCCCc1cc(Cl)cnc1F. The Morgan fingerprint density at radius 3 is 2.92 bits per heavy atom. The summed E-state index contributed by atoms with van der Waals surface area (Å²) in [5.74, 6) is -0.429. The predicted octanol–water partition coefficient (Wildman–Crippen LogP) is 2.16. The van der Waals surface area contributed by atoms with Gasteiger partial charge in [-0.1, -0.05) is 11.6 Å². The van der Waals surface area contributed by atoms with Gasteiger partial charge in [-0.05, 0) is 31.9 Å². The molecule has 0 aromatic carbocycles. The van der Waals surface area contributed by atoms with Crippen molar-refractivity contribution in [2.24, 2.45) is 5.73 Å². The standard InChI is InChI=1S/C9H12ClFN2/c10-8-5-7(3-1-2-4-12)9(11)13-6-8/h5-6H,1-4,12H2. The van der Waals surface area contributed by atoms with Crippen LogP contribution in [0.5, 0.6) is 0 Å². The second-order valence-electron chi connectivity index (χ2n) is 2.85. The van der Waals surface area contributed by atoms with Crippen LogP contribution < -0.4 is 5.73 Å². The molecule has 0 saturated heterocycles. The zero-order valence-corrected chi connectivity index (χ0v) is 8.02. The van der Waals surface area contributed by atoms with Crippen molar-refractivity contribution in [3.8, 4) is 0 Å². The average molecular weight is 203 g/mol. The van der Waals surface area contributed by atoms with Crippen molar-refractivity contribution < 1.29 is 4.39 Å². The molecule has 1 aromatic rings. The minimum Gasteiger partial charge on any atom is -0.330 e. The second kappa shape index (κ2) is 5.14. The van der Waals surface area contributed by atoms with Crippen molar-refractivity contribution in [2.45, 2.75) is 19.3 Å². The number of nitrogens with zero attached hydrogens (tertiary/aromatic N) is 1. The highest BCUT2D eigenvalue weighted by Gasteiger charge is 2.03. The fourth-order valence-electron chi connectivity index (χ4n) is 1.10. The predicted molar refractivity (Wildman–Crippen MR) is 51.2 cm³/mol. The van der Waals surface area contributed by atoms with Gasteiger partial charge in [-0.3, -0.25) is 0 Å². The van der Waals surface area contributed by atoms with Gasteiger partial charge < -0.3 is 5.73 Å². The molecule has 1 heterocycles. The zero-order valence-electron chi connectivity index (χ0n) is 7.26. The molecule has 0 unspecified atom stereocenters. The first-order valence-electron chi connectivity index (χ1n) is 4.24. The summed E-state index contributed by atoms with van der Waals surface area (Å²) in [7, 11) is 0. The average Bonchev–Trinajstić information content (AvgIpc) is 2.11. The van der Waals surface area contributed by atoms with E-state index in [1.54, 1.807) is 6.07 Å². The maximum absolute atomic E-state index is 13.0. The number of rotatable bonds is 4. The molecule has 2 nitrogen and oxygen atoms in total. The fraction of sp³-hybridized carbons (Fsp3) is 0.444. The molecule has 1 rings (SSSR count). The van der Waals surface area contributed by atoms with E-state index in [1.807, 2.05) is 0 Å². The van der Waals surface area contributed by atoms with Crippen molar-refractivity contribution in [2.75, 3.05) is 6.54 Å². The largest absolute Gasteiger partial charge is 0.330 e. The first kappa shape index (κ1) is 10.4. The number of hydrogen-bond acceptors (Lipinski definition) is 2. The van der Waals surface area contributed by atoms with Crippen LogP contribution in [0.25, 0.3) is 0 Å². The summed E-state index contributed by atoms with van der Waals surface area (Å²) in [6.07, 6.45) is 3.72. The van der Waals surface area contributed by atoms with E-state index < -0.39 is 5.95 Å². The lowest BCUT2D eigenvalue weighted by Gasteiger charge is -2.01. The van der Waals surface area contributed by atoms with E-state index in [-0.39, 0.29) is 0 Å². The topological polar surface area (TPSA) is 38.9 Å². The smallest absolute Gasteiger partial charge is 0.216 e. The third kappa shape index (κ3) is 3.28. The number of pyridine rings is 1. The molecule has 0 atom stereocenters. The molecule has 0 spiro atoms. The van der Waals surface area contributed by atoms with E-state index in [9.17, 15) is 4.39 Å². The summed E-state index contributed by atoms with van der Waals surface area (Å²) in [6, 6.07) is 1.61. The molecule has 0 bridgehead atoms. The number of halogens is 2. The Bertz CT molecular complexity index is 278. The van der Waals surface area contributed by atoms with E-state index in [1.165, 1.54) is 6.20 Å². The highest BCUT2D eigenvalue weighted by Crippen LogP contribution is 2.14. The van der Waals surface area contributed by atoms with E-state index in [0.717, 1.165) is 12.8 Å². The monoisotopic (exact) mass is 202 g/mol. The number of nitrogens with two attached hydrogens (primary N) is 1. The van der Waals surface area contributed by atoms with Crippen molar-refractivity contribution >= 4 is 11.6 Å². The number of aromatic nitrogens is 1. The van der Waals surface area contributed by atoms with Crippen LogP contribution in [0.15, 0.2) is 12.3 Å². The third-order valence-electron chi connectivity index (χ3n) is 1.78. The van der Waals surface area contributed by atoms with Crippen LogP contribution in [-0.2, 0) is 6.42 Å². The molecule has 0 aliphatic heterocycles. The summed E-state index contributed by atoms with van der Waals surface area (Å²) in [6.45, 7) is 0.635. The second-order valence-corrected chi connectivity index (χ2v) is 3.29. The lowest BCUT2D eigenvalue weighted by Crippen LogP contribution is -2.00. The quantitative estimate of drug-likeness (QED) is 0.600. The molecule has 2 N–H and O–H groups in total. The summed E-state index contributed by atoms with van der Waals surface area (Å²) < 4.78 is 13.0. The van der Waals surface area contributed by atoms with E-state index >= 15 is 0 Å². The summed E-state index contributed by atoms with van der Waals surface area (Å²) >= 11 is 5.68. The molecule has 0 fully saturated rings. The first-order chi connectivity index (χ1) is 6.24. The van der Waals surface area contributed by atoms with Gasteiger partial charge in [0.2, 0.25) is 5.95 Å². The highest BCUT2D eigenvalue weighted by molar-refractivity contribution is 6.30. The maximum Gasteiger partial charge on any atom is 0.216 e. The van der Waals surface area contributed by atoms with Crippen LogP contribution >= 0.6 is 11.6 Å². The molecule has 1 aromatic heterocycles. The summed E-state index contributed by atoms with van der Waals surface area (Å²) in [4.78, 5) is 3.53. The molecule has 4 heteroatoms. The van der Waals surface area contributed by atoms with Crippen molar-refractivity contribution in [3.63, 3.8) is 0 Å². The number of hydrogen-bond donors (Lipinski definition) is 1. The lowest BCUT2D eigenvalue weighted by atomic mass is 10.1. The van der Waals surface area contributed by atoms with Gasteiger partial charge in [-0.15, -0.1) is 0 Å². The van der Waals surface area contributed by atoms with Gasteiger partial charge in [-0.25, -0.2) is 4.98 Å². The zero-order chi connectivity index (χ0) is 9.68. The van der Waals surface area contributed by atoms with Gasteiger partial charge in [0.05, 0.1) is 5.02 Å². The van der Waals surface area contributed by atoms with Crippen LogP contribution in [0.2, 0.25) is 5.02 Å². The maximum atomic E-state index is 13.0. The fourth-order valence-corrected chi connectivity index (χ4v) is 1.28. The van der Waals surface area contributed by atoms with Crippen LogP contribution in [0.4, 0.5) is 4.39 Å². The Kier molecular flexibility index (Phi) is 4.12. The normalized spacial score (nSPS) is 10.4. The number of unbranched alkanes of at least 4 members (excludes halogenated alkanes) is 1. The Balaban J connectivity index is 2.59. The number of aryl methyl sites for hydroxylation is 1. The molecular formula is C9H12ClFN2. The molecular weight excluding hydrogens is 191 g/mol. The van der Waals surface area contributed by atoms with Gasteiger partial charge in [0.1, 0.15) is 0 Å². The Morgan fingerprint density at radius 2 is 2.23 bits per heavy atom. The minimum absolute atomic E-state index is 0.429. The minimum atomic E-state index is -0.429. The molecule has 0 saturated carbocycles. The first-order valence-corrected chi connectivity index (χ1v) is 4.62. The lowest BCUT2D eigenvalue weighted by molar-refractivity contribution is 0.560. The van der Waals surface area contributed by atoms with E-state index in [2.05, 4.69) is 4.98 Å². The van der Waals surface area contributed by atoms with Crippen LogP contribution in [0.3, 0.4) is 0 Å². The van der Waals surface area contributed by atoms with E-state index in [4.69, 9.17) is 17.3 Å². The molecule has 0 radical (unpaired) electrons.